The van der Waals surface area contributed by atoms with Gasteiger partial charge in [0.1, 0.15) is 11.6 Å². The Kier molecular flexibility index (Phi) is 4.54. The molecule has 2 heterocycles. The molecular formula is C13H21N5O. The van der Waals surface area contributed by atoms with Gasteiger partial charge in [-0.25, -0.2) is 4.98 Å². The highest BCUT2D eigenvalue weighted by Crippen LogP contribution is 2.15. The van der Waals surface area contributed by atoms with Crippen LogP contribution >= 0.6 is 0 Å². The zero-order valence-corrected chi connectivity index (χ0v) is 11.6. The molecule has 1 saturated heterocycles. The van der Waals surface area contributed by atoms with E-state index in [0.29, 0.717) is 6.54 Å². The predicted molar refractivity (Wildman–Crippen MR) is 75.3 cm³/mol. The van der Waals surface area contributed by atoms with E-state index in [4.69, 9.17) is 0 Å². The normalized spacial score (nSPS) is 16.4. The Morgan fingerprint density at radius 2 is 2.21 bits per heavy atom. The van der Waals surface area contributed by atoms with Crippen molar-refractivity contribution in [3.63, 3.8) is 0 Å². The third-order valence-electron chi connectivity index (χ3n) is 3.18. The Bertz CT molecular complexity index is 437. The summed E-state index contributed by atoms with van der Waals surface area (Å²) in [6.07, 6.45) is 5.43. The second kappa shape index (κ2) is 6.36. The number of amides is 1. The Hall–Kier alpha value is -1.85. The van der Waals surface area contributed by atoms with Crippen LogP contribution in [0.15, 0.2) is 12.4 Å². The maximum Gasteiger partial charge on any atom is 0.241 e. The number of aromatic nitrogens is 2. The van der Waals surface area contributed by atoms with Crippen LogP contribution in [-0.2, 0) is 4.79 Å². The van der Waals surface area contributed by atoms with Gasteiger partial charge in [-0.1, -0.05) is 6.92 Å². The van der Waals surface area contributed by atoms with Gasteiger partial charge >= 0.3 is 0 Å². The van der Waals surface area contributed by atoms with Crippen molar-refractivity contribution in [2.24, 2.45) is 0 Å². The molecule has 1 aromatic rings. The quantitative estimate of drug-likeness (QED) is 0.877. The fraction of sp³-hybridized carbons (Fsp3) is 0.615. The van der Waals surface area contributed by atoms with E-state index in [-0.39, 0.29) is 5.91 Å². The van der Waals surface area contributed by atoms with Crippen LogP contribution in [0, 0.1) is 0 Å². The molecule has 1 fully saturated rings. The Balaban J connectivity index is 2.09. The largest absolute Gasteiger partial charge is 0.369 e. The first-order valence-corrected chi connectivity index (χ1v) is 6.75. The molecule has 0 bridgehead atoms. The van der Waals surface area contributed by atoms with Crippen LogP contribution in [0.25, 0.3) is 0 Å². The molecule has 2 rings (SSSR count). The van der Waals surface area contributed by atoms with E-state index >= 15 is 0 Å². The van der Waals surface area contributed by atoms with Crippen LogP contribution in [0.2, 0.25) is 0 Å². The molecule has 1 aliphatic rings. The molecule has 6 heteroatoms. The Morgan fingerprint density at radius 3 is 3.00 bits per heavy atom. The van der Waals surface area contributed by atoms with Gasteiger partial charge in [0.25, 0.3) is 0 Å². The lowest BCUT2D eigenvalue weighted by molar-refractivity contribution is -0.127. The molecule has 0 spiro atoms. The maximum absolute atomic E-state index is 11.9. The molecule has 1 aromatic heterocycles. The number of nitrogens with one attached hydrogen (secondary N) is 1. The summed E-state index contributed by atoms with van der Waals surface area (Å²) in [4.78, 5) is 24.4. The molecule has 0 atom stereocenters. The van der Waals surface area contributed by atoms with Crippen molar-refractivity contribution in [1.82, 2.24) is 14.9 Å². The van der Waals surface area contributed by atoms with Gasteiger partial charge in [-0.15, -0.1) is 0 Å². The molecular weight excluding hydrogens is 242 g/mol. The number of nitrogens with zero attached hydrogens (tertiary/aromatic N) is 4. The summed E-state index contributed by atoms with van der Waals surface area (Å²) in [5.74, 6) is 1.67. The SMILES string of the molecule is CCCNc1cncc(N2CCCN(C)C(=O)C2)n1. The molecule has 0 radical (unpaired) electrons. The first-order valence-electron chi connectivity index (χ1n) is 6.75. The van der Waals surface area contributed by atoms with Crippen LogP contribution in [0.3, 0.4) is 0 Å². The third kappa shape index (κ3) is 3.56. The van der Waals surface area contributed by atoms with Gasteiger partial charge in [0.15, 0.2) is 0 Å². The minimum Gasteiger partial charge on any atom is -0.369 e. The summed E-state index contributed by atoms with van der Waals surface area (Å²) in [5, 5.41) is 3.21. The van der Waals surface area contributed by atoms with Gasteiger partial charge in [0.2, 0.25) is 5.91 Å². The highest BCUT2D eigenvalue weighted by molar-refractivity contribution is 5.81. The number of hydrogen-bond donors (Lipinski definition) is 1. The lowest BCUT2D eigenvalue weighted by atomic mass is 10.4. The van der Waals surface area contributed by atoms with Crippen molar-refractivity contribution in [2.75, 3.05) is 43.4 Å². The second-order valence-corrected chi connectivity index (χ2v) is 4.78. The minimum absolute atomic E-state index is 0.131. The molecule has 6 nitrogen and oxygen atoms in total. The molecule has 104 valence electrons. The monoisotopic (exact) mass is 263 g/mol. The van der Waals surface area contributed by atoms with Crippen molar-refractivity contribution < 1.29 is 4.79 Å². The summed E-state index contributed by atoms with van der Waals surface area (Å²) >= 11 is 0. The Labute approximate surface area is 113 Å². The third-order valence-corrected chi connectivity index (χ3v) is 3.18. The standard InChI is InChI=1S/C13H21N5O/c1-3-5-15-11-8-14-9-12(16-11)18-7-4-6-17(2)13(19)10-18/h8-9H,3-7,10H2,1-2H3,(H,15,16). The molecule has 0 unspecified atom stereocenters. The van der Waals surface area contributed by atoms with Crippen LogP contribution in [0.4, 0.5) is 11.6 Å². The van der Waals surface area contributed by atoms with E-state index in [1.165, 1.54) is 0 Å². The topological polar surface area (TPSA) is 61.4 Å². The first kappa shape index (κ1) is 13.6. The molecule has 19 heavy (non-hydrogen) atoms. The number of anilines is 2. The average Bonchev–Trinajstić information content (AvgIpc) is 2.59. The van der Waals surface area contributed by atoms with Gasteiger partial charge < -0.3 is 15.1 Å². The van der Waals surface area contributed by atoms with Crippen LogP contribution < -0.4 is 10.2 Å². The fourth-order valence-electron chi connectivity index (χ4n) is 2.03. The zero-order valence-electron chi connectivity index (χ0n) is 11.6. The van der Waals surface area contributed by atoms with Gasteiger partial charge in [0, 0.05) is 26.7 Å². The number of rotatable bonds is 4. The molecule has 1 N–H and O–H groups in total. The van der Waals surface area contributed by atoms with Gasteiger partial charge in [-0.05, 0) is 12.8 Å². The van der Waals surface area contributed by atoms with Crippen molar-refractivity contribution in [1.29, 1.82) is 0 Å². The van der Waals surface area contributed by atoms with Crippen molar-refractivity contribution in [2.45, 2.75) is 19.8 Å². The number of hydrogen-bond acceptors (Lipinski definition) is 5. The zero-order chi connectivity index (χ0) is 13.7. The predicted octanol–water partition coefficient (Wildman–Crippen LogP) is 0.967. The number of likely N-dealkylation sites (N-methyl/N-ethyl adjacent to an activating group) is 1. The molecule has 1 aliphatic heterocycles. The van der Waals surface area contributed by atoms with Gasteiger partial charge in [-0.2, -0.15) is 0 Å². The maximum atomic E-state index is 11.9. The first-order chi connectivity index (χ1) is 9.20. The van der Waals surface area contributed by atoms with Crippen LogP contribution in [0.5, 0.6) is 0 Å². The summed E-state index contributed by atoms with van der Waals surface area (Å²) in [7, 11) is 1.84. The number of carbonyl (C=O) groups is 1. The van der Waals surface area contributed by atoms with E-state index in [9.17, 15) is 4.79 Å². The van der Waals surface area contributed by atoms with Gasteiger partial charge in [-0.3, -0.25) is 9.78 Å². The smallest absolute Gasteiger partial charge is 0.241 e. The van der Waals surface area contributed by atoms with Crippen LogP contribution in [0.1, 0.15) is 19.8 Å². The van der Waals surface area contributed by atoms with E-state index in [1.807, 2.05) is 11.9 Å². The Morgan fingerprint density at radius 1 is 1.37 bits per heavy atom. The van der Waals surface area contributed by atoms with E-state index in [2.05, 4.69) is 22.2 Å². The summed E-state index contributed by atoms with van der Waals surface area (Å²) in [6.45, 7) is 4.99. The average molecular weight is 263 g/mol. The molecule has 0 aliphatic carbocycles. The highest BCUT2D eigenvalue weighted by atomic mass is 16.2. The van der Waals surface area contributed by atoms with Crippen LogP contribution in [-0.4, -0.2) is 54.0 Å². The molecule has 0 saturated carbocycles. The lowest BCUT2D eigenvalue weighted by Gasteiger charge is -2.20. The van der Waals surface area contributed by atoms with Crippen molar-refractivity contribution >= 4 is 17.5 Å². The summed E-state index contributed by atoms with van der Waals surface area (Å²) < 4.78 is 0. The number of carbonyl (C=O) groups excluding carboxylic acids is 1. The highest BCUT2D eigenvalue weighted by Gasteiger charge is 2.20. The van der Waals surface area contributed by atoms with Crippen molar-refractivity contribution in [3.8, 4) is 0 Å². The van der Waals surface area contributed by atoms with E-state index < -0.39 is 0 Å². The lowest BCUT2D eigenvalue weighted by Crippen LogP contribution is -2.34. The fourth-order valence-corrected chi connectivity index (χ4v) is 2.03. The van der Waals surface area contributed by atoms with E-state index in [0.717, 1.165) is 44.1 Å². The second-order valence-electron chi connectivity index (χ2n) is 4.78. The summed E-state index contributed by atoms with van der Waals surface area (Å²) in [5.41, 5.74) is 0. The molecule has 1 amide bonds. The van der Waals surface area contributed by atoms with Crippen molar-refractivity contribution in [3.05, 3.63) is 12.4 Å². The minimum atomic E-state index is 0.131. The van der Waals surface area contributed by atoms with E-state index in [1.54, 1.807) is 17.3 Å². The molecule has 0 aromatic carbocycles. The van der Waals surface area contributed by atoms with Gasteiger partial charge in [0.05, 0.1) is 18.9 Å². The summed E-state index contributed by atoms with van der Waals surface area (Å²) in [6, 6.07) is 0.